The van der Waals surface area contributed by atoms with Crippen LogP contribution in [0.3, 0.4) is 0 Å². The lowest BCUT2D eigenvalue weighted by Crippen LogP contribution is -2.29. The summed E-state index contributed by atoms with van der Waals surface area (Å²) in [5.41, 5.74) is 0. The van der Waals surface area contributed by atoms with Crippen LogP contribution in [0.25, 0.3) is 0 Å². The summed E-state index contributed by atoms with van der Waals surface area (Å²) in [5.74, 6) is 0. The highest BCUT2D eigenvalue weighted by atomic mass is 16.4. The molecule has 0 rings (SSSR count). The average molecular weight is 135 g/mol. The van der Waals surface area contributed by atoms with Gasteiger partial charge in [-0.05, 0) is 0 Å². The monoisotopic (exact) mass is 135 g/mol. The van der Waals surface area contributed by atoms with E-state index in [1.807, 2.05) is 0 Å². The fourth-order valence-corrected chi connectivity index (χ4v) is 0.317. The van der Waals surface area contributed by atoms with Gasteiger partial charge in [0.2, 0.25) is 0 Å². The number of hydrogen-bond acceptors (Lipinski definition) is 4. The second-order valence-electron chi connectivity index (χ2n) is 1.57. The molecule has 0 aromatic rings. The molecular weight excluding hydrogens is 124 g/mol. The van der Waals surface area contributed by atoms with Crippen LogP contribution in [-0.2, 0) is 4.79 Å². The summed E-state index contributed by atoms with van der Waals surface area (Å²) in [6.07, 6.45) is -4.10. The second kappa shape index (κ2) is 4.43. The minimum Gasteiger partial charge on any atom is -0.394 e. The summed E-state index contributed by atoms with van der Waals surface area (Å²) in [4.78, 5) is 9.83. The van der Waals surface area contributed by atoms with Crippen molar-refractivity contribution in [2.75, 3.05) is 6.61 Å². The van der Waals surface area contributed by atoms with Gasteiger partial charge in [0.15, 0.2) is 0 Å². The van der Waals surface area contributed by atoms with E-state index in [0.29, 0.717) is 0 Å². The number of aldehydes is 1. The Morgan fingerprint density at radius 1 is 1.56 bits per heavy atom. The number of carbonyl (C=O) groups excluding carboxylic acids is 1. The van der Waals surface area contributed by atoms with Crippen LogP contribution < -0.4 is 0 Å². The highest BCUT2D eigenvalue weighted by Gasteiger charge is 2.13. The van der Waals surface area contributed by atoms with Gasteiger partial charge in [-0.3, -0.25) is 0 Å². The zero-order chi connectivity index (χ0) is 8.15. The van der Waals surface area contributed by atoms with Crippen LogP contribution in [0.4, 0.5) is 0 Å². The number of carbonyl (C=O) groups is 1. The van der Waals surface area contributed by atoms with E-state index < -0.39 is 25.2 Å². The molecule has 0 aliphatic heterocycles. The van der Waals surface area contributed by atoms with Gasteiger partial charge in [0.25, 0.3) is 0 Å². The van der Waals surface area contributed by atoms with Crippen LogP contribution in [0.2, 0.25) is 0 Å². The van der Waals surface area contributed by atoms with Crippen LogP contribution in [0, 0.1) is 0 Å². The Kier molecular flexibility index (Phi) is 3.28. The fourth-order valence-electron chi connectivity index (χ4n) is 0.317. The van der Waals surface area contributed by atoms with E-state index in [-0.39, 0.29) is 6.29 Å². The van der Waals surface area contributed by atoms with Crippen LogP contribution in [0.1, 0.15) is 7.77 Å². The molecule has 4 heteroatoms. The van der Waals surface area contributed by atoms with Crippen molar-refractivity contribution in [3.63, 3.8) is 0 Å². The lowest BCUT2D eigenvalue weighted by Gasteiger charge is -2.11. The van der Waals surface area contributed by atoms with Crippen molar-refractivity contribution >= 4 is 6.29 Å². The van der Waals surface area contributed by atoms with Crippen molar-refractivity contribution in [2.45, 2.75) is 18.6 Å². The zero-order valence-electron chi connectivity index (χ0n) is 5.77. The number of aliphatic hydroxyl groups is 3. The molecule has 3 atom stereocenters. The second-order valence-corrected chi connectivity index (χ2v) is 1.57. The Hall–Kier alpha value is -0.450. The van der Waals surface area contributed by atoms with Crippen molar-refractivity contribution in [3.8, 4) is 0 Å². The molecule has 9 heavy (non-hydrogen) atoms. The molecule has 0 spiro atoms. The molecule has 0 aromatic heterocycles. The van der Waals surface area contributed by atoms with E-state index in [9.17, 15) is 4.79 Å². The molecule has 0 aromatic carbocycles. The molecule has 0 fully saturated rings. The smallest absolute Gasteiger partial charge is 0.122 e. The van der Waals surface area contributed by atoms with Gasteiger partial charge in [-0.2, -0.15) is 0 Å². The largest absolute Gasteiger partial charge is 0.394 e. The molecule has 0 radical (unpaired) electrons. The summed E-state index contributed by atoms with van der Waals surface area (Å²) in [6, 6.07) is 0. The van der Waals surface area contributed by atoms with Crippen molar-refractivity contribution in [2.24, 2.45) is 0 Å². The zero-order valence-corrected chi connectivity index (χ0v) is 4.77. The van der Waals surface area contributed by atoms with Crippen LogP contribution in [-0.4, -0.2) is 40.4 Å². The molecule has 0 saturated carbocycles. The minimum absolute atomic E-state index is 0.198. The van der Waals surface area contributed by atoms with Crippen LogP contribution >= 0.6 is 0 Å². The Labute approximate surface area is 54.1 Å². The van der Waals surface area contributed by atoms with Crippen molar-refractivity contribution in [1.82, 2.24) is 0 Å². The molecule has 0 saturated heterocycles. The van der Waals surface area contributed by atoms with E-state index in [1.54, 1.807) is 0 Å². The van der Waals surface area contributed by atoms with E-state index >= 15 is 0 Å². The normalized spacial score (nSPS) is 21.9. The van der Waals surface area contributed by atoms with Gasteiger partial charge in [-0.15, -0.1) is 0 Å². The fraction of sp³-hybridized carbons (Fsp3) is 0.800. The molecular formula is C5H10O4. The first-order valence-electron chi connectivity index (χ1n) is 3.05. The van der Waals surface area contributed by atoms with Gasteiger partial charge in [0.1, 0.15) is 12.4 Å². The molecule has 0 aliphatic carbocycles. The number of aliphatic hydroxyl groups excluding tert-OH is 3. The molecule has 0 bridgehead atoms. The van der Waals surface area contributed by atoms with Gasteiger partial charge in [-0.25, -0.2) is 0 Å². The number of hydrogen-bond donors (Lipinski definition) is 3. The lowest BCUT2D eigenvalue weighted by atomic mass is 10.2. The van der Waals surface area contributed by atoms with E-state index in [0.717, 1.165) is 0 Å². The van der Waals surface area contributed by atoms with Crippen molar-refractivity contribution < 1.29 is 21.5 Å². The lowest BCUT2D eigenvalue weighted by molar-refractivity contribution is -0.111. The third kappa shape index (κ3) is 3.18. The highest BCUT2D eigenvalue weighted by molar-refractivity contribution is 5.50. The van der Waals surface area contributed by atoms with Crippen LogP contribution in [0.15, 0.2) is 0 Å². The summed E-state index contributed by atoms with van der Waals surface area (Å²) < 4.78 is 6.77. The molecule has 0 aliphatic rings. The van der Waals surface area contributed by atoms with E-state index in [4.69, 9.17) is 16.7 Å². The quantitative estimate of drug-likeness (QED) is 0.401. The Bertz CT molecular complexity index is 108. The Balaban J connectivity index is 3.80. The molecule has 54 valence electrons. The Morgan fingerprint density at radius 2 is 2.11 bits per heavy atom. The summed E-state index contributed by atoms with van der Waals surface area (Å²) in [7, 11) is 0. The average Bonchev–Trinajstić information content (AvgIpc) is 2.00. The third-order valence-corrected chi connectivity index (χ3v) is 0.857. The van der Waals surface area contributed by atoms with Crippen LogP contribution in [0.5, 0.6) is 0 Å². The molecule has 4 nitrogen and oxygen atoms in total. The summed E-state index contributed by atoms with van der Waals surface area (Å²) >= 11 is 0. The topological polar surface area (TPSA) is 77.8 Å². The maximum absolute atomic E-state index is 9.83. The summed E-state index contributed by atoms with van der Waals surface area (Å²) in [5, 5.41) is 25.6. The van der Waals surface area contributed by atoms with E-state index in [2.05, 4.69) is 0 Å². The van der Waals surface area contributed by atoms with Crippen molar-refractivity contribution in [3.05, 3.63) is 0 Å². The summed E-state index contributed by atoms with van der Waals surface area (Å²) in [6.45, 7) is -0.648. The first kappa shape index (κ1) is 6.67. The molecule has 3 N–H and O–H groups in total. The van der Waals surface area contributed by atoms with Gasteiger partial charge in [0.05, 0.1) is 12.7 Å². The first-order valence-corrected chi connectivity index (χ1v) is 2.48. The highest BCUT2D eigenvalue weighted by Crippen LogP contribution is 1.94. The molecule has 0 amide bonds. The van der Waals surface area contributed by atoms with Gasteiger partial charge < -0.3 is 20.1 Å². The molecule has 0 heterocycles. The van der Waals surface area contributed by atoms with Gasteiger partial charge in [-0.1, -0.05) is 0 Å². The molecule has 0 unspecified atom stereocenters. The number of rotatable bonds is 4. The third-order valence-electron chi connectivity index (χ3n) is 0.857. The van der Waals surface area contributed by atoms with Gasteiger partial charge in [0, 0.05) is 7.77 Å². The first-order chi connectivity index (χ1) is 4.63. The SMILES string of the molecule is [2H][C@H](C=O)[C@H](O)[C@H](O)CO. The minimum atomic E-state index is -1.50. The predicted molar refractivity (Wildman–Crippen MR) is 29.8 cm³/mol. The standard InChI is InChI=1S/C5H10O4/c6-2-1-4(8)5(9)3-7/h2,4-5,7-9H,1,3H2/t4-,5+/m0/s1/i1D/t1-,4+,5-/m1. The maximum Gasteiger partial charge on any atom is 0.122 e. The van der Waals surface area contributed by atoms with Crippen molar-refractivity contribution in [1.29, 1.82) is 0 Å². The van der Waals surface area contributed by atoms with Gasteiger partial charge >= 0.3 is 0 Å². The Morgan fingerprint density at radius 3 is 2.44 bits per heavy atom. The predicted octanol–water partition coefficient (Wildman–Crippen LogP) is -1.71. The maximum atomic E-state index is 9.83. The van der Waals surface area contributed by atoms with E-state index in [1.165, 1.54) is 0 Å².